The van der Waals surface area contributed by atoms with Gasteiger partial charge in [0.15, 0.2) is 12.3 Å². The molecule has 430 valence electrons. The lowest BCUT2D eigenvalue weighted by atomic mass is 9.81. The van der Waals surface area contributed by atoms with Crippen molar-refractivity contribution in [3.8, 4) is 0 Å². The number of carbonyl (C=O) groups is 1. The summed E-state index contributed by atoms with van der Waals surface area (Å²) in [6, 6.07) is 17.2. The molecule has 0 aromatic heterocycles. The first-order valence-corrected chi connectivity index (χ1v) is 26.6. The number of methoxy groups -OCH3 is 1. The highest BCUT2D eigenvalue weighted by Crippen LogP contribution is 2.47. The van der Waals surface area contributed by atoms with Gasteiger partial charge in [0.1, 0.15) is 6.61 Å². The molecule has 0 atom stereocenters. The largest absolute Gasteiger partial charge is 1.00 e. The van der Waals surface area contributed by atoms with Crippen LogP contribution in [0.4, 0.5) is 11.4 Å². The number of anilines is 1. The van der Waals surface area contributed by atoms with Crippen LogP contribution in [-0.2, 0) is 81.9 Å². The summed E-state index contributed by atoms with van der Waals surface area (Å²) in [5.74, 6) is -0.875. The molecule has 2 aliphatic heterocycles. The van der Waals surface area contributed by atoms with Gasteiger partial charge in [-0.2, -0.15) is 4.58 Å². The predicted molar refractivity (Wildman–Crippen MR) is 287 cm³/mol. The summed E-state index contributed by atoms with van der Waals surface area (Å²) in [4.78, 5) is 12.9. The van der Waals surface area contributed by atoms with Crippen molar-refractivity contribution in [2.45, 2.75) is 44.9 Å². The fourth-order valence-electron chi connectivity index (χ4n) is 8.36. The second kappa shape index (κ2) is 41.4. The van der Waals surface area contributed by atoms with Gasteiger partial charge < -0.3 is 88.7 Å². The number of hydrogen-bond acceptors (Lipinski definition) is 16. The molecule has 0 fully saturated rings. The maximum Gasteiger partial charge on any atom is 0.305 e. The maximum absolute atomic E-state index is 10.5. The number of halogens is 1. The molecule has 0 saturated carbocycles. The molecule has 0 spiro atoms. The number of allylic oxidation sites excluding steroid dienone is 6. The third kappa shape index (κ3) is 25.9. The molecule has 0 bridgehead atoms. The molecule has 19 heteroatoms. The number of benzene rings is 2. The number of para-hydroxylation sites is 2. The molecular weight excluding hydrogens is 1000 g/mol. The average molecular weight is 1090 g/mol. The van der Waals surface area contributed by atoms with Crippen molar-refractivity contribution in [1.82, 2.24) is 0 Å². The zero-order valence-electron chi connectivity index (χ0n) is 46.1. The second-order valence-corrected chi connectivity index (χ2v) is 18.4. The standard InChI is InChI=1S/C57H88N2O16.ClH/c1-56(2)49-13-9-11-15-51(49)58(20-23-64-28-31-68-36-39-71-38-35-67-30-27-63-22-19-55(60)61)53(56)17-7-6-8-18-54-57(3,4)50-14-10-12-16-52(50)59(54)21-24-65-29-32-69-37-40-72-43-44-74-47-48-75-46-45-73-42-41-70-34-33-66-26-25-62-5;/h6-18H,19-48H2,1-5H3;1H. The van der Waals surface area contributed by atoms with Gasteiger partial charge in [-0.25, -0.2) is 0 Å². The fraction of sp³-hybridized carbons (Fsp3) is 0.649. The summed E-state index contributed by atoms with van der Waals surface area (Å²) in [6.45, 7) is 23.7. The Morgan fingerprint density at radius 3 is 1.34 bits per heavy atom. The van der Waals surface area contributed by atoms with Crippen LogP contribution in [0.1, 0.15) is 45.2 Å². The van der Waals surface area contributed by atoms with Crippen molar-refractivity contribution in [3.63, 3.8) is 0 Å². The number of ether oxygens (including phenoxy) is 14. The Hall–Kier alpha value is -3.67. The van der Waals surface area contributed by atoms with Crippen molar-refractivity contribution >= 4 is 23.1 Å². The van der Waals surface area contributed by atoms with Crippen LogP contribution in [0.25, 0.3) is 0 Å². The fourth-order valence-corrected chi connectivity index (χ4v) is 8.36. The molecule has 0 unspecified atom stereocenters. The second-order valence-electron chi connectivity index (χ2n) is 18.4. The van der Waals surface area contributed by atoms with E-state index >= 15 is 0 Å². The van der Waals surface area contributed by atoms with E-state index in [1.54, 1.807) is 7.11 Å². The van der Waals surface area contributed by atoms with Gasteiger partial charge >= 0.3 is 5.97 Å². The van der Waals surface area contributed by atoms with E-state index in [1.165, 1.54) is 33.9 Å². The van der Waals surface area contributed by atoms with E-state index in [0.29, 0.717) is 178 Å². The summed E-state index contributed by atoms with van der Waals surface area (Å²) in [5, 5.41) is 8.62. The van der Waals surface area contributed by atoms with Crippen LogP contribution >= 0.6 is 0 Å². The maximum atomic E-state index is 10.5. The highest BCUT2D eigenvalue weighted by atomic mass is 35.5. The molecule has 2 heterocycles. The van der Waals surface area contributed by atoms with Gasteiger partial charge in [0.2, 0.25) is 5.69 Å². The summed E-state index contributed by atoms with van der Waals surface area (Å²) in [7, 11) is 1.65. The zero-order chi connectivity index (χ0) is 53.5. The van der Waals surface area contributed by atoms with Gasteiger partial charge in [-0.1, -0.05) is 68.5 Å². The summed E-state index contributed by atoms with van der Waals surface area (Å²) in [6.07, 6.45) is 10.8. The molecule has 0 aliphatic carbocycles. The number of fused-ring (bicyclic) bond motifs is 2. The average Bonchev–Trinajstić information content (AvgIpc) is 3.76. The normalized spacial score (nSPS) is 15.2. The van der Waals surface area contributed by atoms with Crippen LogP contribution in [0, 0.1) is 0 Å². The van der Waals surface area contributed by atoms with Gasteiger partial charge in [0.05, 0.1) is 184 Å². The van der Waals surface area contributed by atoms with Gasteiger partial charge in [-0.15, -0.1) is 0 Å². The SMILES string of the molecule is COCCOCCOCCOCCOCCOCCOCCOCCOCCN1\C(=C/C=C/C=C/C2=[N+](CCOCCOCCOCCOCCOCCC(=O)O)c3ccccc3C2(C)C)C(C)(C)c2ccccc21.[Cl-]. The van der Waals surface area contributed by atoms with Gasteiger partial charge in [-0.3, -0.25) is 4.79 Å². The lowest BCUT2D eigenvalue weighted by Crippen LogP contribution is -3.00. The highest BCUT2D eigenvalue weighted by Gasteiger charge is 2.44. The number of aliphatic carboxylic acids is 1. The van der Waals surface area contributed by atoms with Crippen LogP contribution in [0.2, 0.25) is 0 Å². The minimum Gasteiger partial charge on any atom is -1.00 e. The Morgan fingerprint density at radius 2 is 0.882 bits per heavy atom. The van der Waals surface area contributed by atoms with Crippen molar-refractivity contribution in [3.05, 3.63) is 95.7 Å². The van der Waals surface area contributed by atoms with E-state index in [-0.39, 0.29) is 36.3 Å². The molecule has 0 amide bonds. The quantitative estimate of drug-likeness (QED) is 0.0582. The summed E-state index contributed by atoms with van der Waals surface area (Å²) in [5.41, 5.74) is 7.07. The molecule has 2 aliphatic rings. The monoisotopic (exact) mass is 1090 g/mol. The molecule has 1 N–H and O–H groups in total. The Morgan fingerprint density at radius 1 is 0.487 bits per heavy atom. The first-order valence-electron chi connectivity index (χ1n) is 26.6. The van der Waals surface area contributed by atoms with E-state index in [2.05, 4.69) is 116 Å². The molecule has 18 nitrogen and oxygen atoms in total. The number of carboxylic acids is 1. The molecular formula is C57H89ClN2O16. The Kier molecular flexibility index (Phi) is 36.3. The van der Waals surface area contributed by atoms with E-state index < -0.39 is 5.97 Å². The summed E-state index contributed by atoms with van der Waals surface area (Å²) >= 11 is 0. The van der Waals surface area contributed by atoms with Crippen molar-refractivity contribution in [2.24, 2.45) is 0 Å². The smallest absolute Gasteiger partial charge is 0.305 e. The number of rotatable bonds is 48. The van der Waals surface area contributed by atoms with Crippen LogP contribution in [-0.4, -0.2) is 220 Å². The van der Waals surface area contributed by atoms with Crippen molar-refractivity contribution in [2.75, 3.05) is 203 Å². The van der Waals surface area contributed by atoms with Crippen LogP contribution < -0.4 is 17.3 Å². The number of carboxylic acid groups (broad SMARTS) is 1. The zero-order valence-corrected chi connectivity index (χ0v) is 46.8. The molecule has 2 aromatic rings. The molecule has 4 rings (SSSR count). The van der Waals surface area contributed by atoms with Crippen LogP contribution in [0.3, 0.4) is 0 Å². The van der Waals surface area contributed by atoms with Gasteiger partial charge in [-0.05, 0) is 31.6 Å². The van der Waals surface area contributed by atoms with Gasteiger partial charge in [0.25, 0.3) is 0 Å². The van der Waals surface area contributed by atoms with E-state index in [0.717, 1.165) is 6.54 Å². The van der Waals surface area contributed by atoms with Crippen molar-refractivity contribution < 1.29 is 93.2 Å². The highest BCUT2D eigenvalue weighted by molar-refractivity contribution is 6.03. The number of hydrogen-bond donors (Lipinski definition) is 1. The number of nitrogens with zero attached hydrogens (tertiary/aromatic N) is 2. The van der Waals surface area contributed by atoms with Crippen molar-refractivity contribution in [1.29, 1.82) is 0 Å². The van der Waals surface area contributed by atoms with Crippen LogP contribution in [0.15, 0.2) is 84.6 Å². The van der Waals surface area contributed by atoms with Gasteiger partial charge in [0, 0.05) is 48.2 Å². The van der Waals surface area contributed by atoms with E-state index in [1.807, 2.05) is 0 Å². The lowest BCUT2D eigenvalue weighted by Gasteiger charge is -2.27. The first-order chi connectivity index (χ1) is 36.7. The third-order valence-electron chi connectivity index (χ3n) is 12.2. The minimum absolute atomic E-state index is 0. The Bertz CT molecular complexity index is 1960. The molecule has 2 aromatic carbocycles. The third-order valence-corrected chi connectivity index (χ3v) is 12.2. The molecule has 0 saturated heterocycles. The van der Waals surface area contributed by atoms with Crippen LogP contribution in [0.5, 0.6) is 0 Å². The van der Waals surface area contributed by atoms with E-state index in [9.17, 15) is 4.79 Å². The Labute approximate surface area is 458 Å². The van der Waals surface area contributed by atoms with E-state index in [4.69, 9.17) is 71.4 Å². The predicted octanol–water partition coefficient (Wildman–Crippen LogP) is 3.20. The summed E-state index contributed by atoms with van der Waals surface area (Å²) < 4.78 is 80.1. The molecule has 76 heavy (non-hydrogen) atoms. The minimum atomic E-state index is -0.875. The topological polar surface area (TPSA) is 173 Å². The lowest BCUT2D eigenvalue weighted by molar-refractivity contribution is -0.442. The Balaban J connectivity index is 0.0000152. The first kappa shape index (κ1) is 66.6. The molecule has 0 radical (unpaired) electrons.